The van der Waals surface area contributed by atoms with Crippen molar-refractivity contribution in [3.63, 3.8) is 0 Å². The lowest BCUT2D eigenvalue weighted by molar-refractivity contribution is -0.137. The molecule has 1 aliphatic rings. The van der Waals surface area contributed by atoms with Gasteiger partial charge in [0.25, 0.3) is 0 Å². The number of halogens is 1. The first-order valence-corrected chi connectivity index (χ1v) is 7.39. The summed E-state index contributed by atoms with van der Waals surface area (Å²) in [6.07, 6.45) is 0.443. The highest BCUT2D eigenvalue weighted by atomic mass is 35.5. The third-order valence-electron chi connectivity index (χ3n) is 3.31. The molecule has 21 heavy (non-hydrogen) atoms. The maximum atomic E-state index is 11.9. The molecule has 0 aromatic heterocycles. The van der Waals surface area contributed by atoms with E-state index in [1.807, 2.05) is 12.1 Å². The largest absolute Gasteiger partial charge is 0.378 e. The second-order valence-corrected chi connectivity index (χ2v) is 5.34. The van der Waals surface area contributed by atoms with Crippen LogP contribution in [0.25, 0.3) is 0 Å². The van der Waals surface area contributed by atoms with Crippen molar-refractivity contribution in [2.45, 2.75) is 19.4 Å². The van der Waals surface area contributed by atoms with Gasteiger partial charge in [0.15, 0.2) is 0 Å². The standard InChI is InChI=1S/C15H19ClN2O3/c16-13-3-1-2-12(10-13)11-17-14(19)4-5-15(20)18-6-8-21-9-7-18/h1-3,10H,4-9,11H2,(H,17,19). The number of benzene rings is 1. The number of carbonyl (C=O) groups is 2. The number of carbonyl (C=O) groups excluding carboxylic acids is 2. The minimum atomic E-state index is -0.128. The fourth-order valence-corrected chi connectivity index (χ4v) is 2.34. The van der Waals surface area contributed by atoms with Crippen LogP contribution in [0.3, 0.4) is 0 Å². The van der Waals surface area contributed by atoms with Crippen LogP contribution >= 0.6 is 11.6 Å². The van der Waals surface area contributed by atoms with E-state index in [1.165, 1.54) is 0 Å². The number of nitrogens with one attached hydrogen (secondary N) is 1. The molecular weight excluding hydrogens is 292 g/mol. The molecule has 2 rings (SSSR count). The summed E-state index contributed by atoms with van der Waals surface area (Å²) in [7, 11) is 0. The molecule has 1 fully saturated rings. The summed E-state index contributed by atoms with van der Waals surface area (Å²) in [5, 5.41) is 3.43. The fourth-order valence-electron chi connectivity index (χ4n) is 2.13. The van der Waals surface area contributed by atoms with Crippen molar-refractivity contribution in [3.05, 3.63) is 34.9 Å². The number of morpholine rings is 1. The van der Waals surface area contributed by atoms with Crippen LogP contribution in [0.1, 0.15) is 18.4 Å². The van der Waals surface area contributed by atoms with Crippen LogP contribution in [-0.2, 0) is 20.9 Å². The van der Waals surface area contributed by atoms with Gasteiger partial charge >= 0.3 is 0 Å². The van der Waals surface area contributed by atoms with Crippen LogP contribution in [0.5, 0.6) is 0 Å². The van der Waals surface area contributed by atoms with Crippen LogP contribution in [-0.4, -0.2) is 43.0 Å². The molecule has 0 unspecified atom stereocenters. The zero-order chi connectivity index (χ0) is 15.1. The second-order valence-electron chi connectivity index (χ2n) is 4.90. The SMILES string of the molecule is O=C(CCC(=O)N1CCOCC1)NCc1cccc(Cl)c1. The highest BCUT2D eigenvalue weighted by molar-refractivity contribution is 6.30. The summed E-state index contributed by atoms with van der Waals surface area (Å²) in [5.41, 5.74) is 0.940. The average molecular weight is 311 g/mol. The van der Waals surface area contributed by atoms with Crippen molar-refractivity contribution in [1.29, 1.82) is 0 Å². The summed E-state index contributed by atoms with van der Waals surface area (Å²) >= 11 is 5.88. The number of rotatable bonds is 5. The molecule has 5 nitrogen and oxygen atoms in total. The van der Waals surface area contributed by atoms with Crippen LogP contribution in [0.2, 0.25) is 5.02 Å². The normalized spacial score (nSPS) is 14.8. The lowest BCUT2D eigenvalue weighted by Crippen LogP contribution is -2.41. The topological polar surface area (TPSA) is 58.6 Å². The van der Waals surface area contributed by atoms with Crippen molar-refractivity contribution >= 4 is 23.4 Å². The minimum Gasteiger partial charge on any atom is -0.378 e. The molecule has 0 aliphatic carbocycles. The van der Waals surface area contributed by atoms with E-state index in [2.05, 4.69) is 5.32 Å². The van der Waals surface area contributed by atoms with Gasteiger partial charge in [0.05, 0.1) is 13.2 Å². The van der Waals surface area contributed by atoms with E-state index in [0.717, 1.165) is 5.56 Å². The van der Waals surface area contributed by atoms with Crippen molar-refractivity contribution in [2.24, 2.45) is 0 Å². The number of hydrogen-bond acceptors (Lipinski definition) is 3. The first-order chi connectivity index (χ1) is 10.1. The Morgan fingerprint density at radius 3 is 2.71 bits per heavy atom. The fraction of sp³-hybridized carbons (Fsp3) is 0.467. The van der Waals surface area contributed by atoms with E-state index in [9.17, 15) is 9.59 Å². The highest BCUT2D eigenvalue weighted by Gasteiger charge is 2.17. The summed E-state index contributed by atoms with van der Waals surface area (Å²) in [4.78, 5) is 25.4. The molecule has 0 spiro atoms. The molecule has 6 heteroatoms. The number of hydrogen-bond donors (Lipinski definition) is 1. The Balaban J connectivity index is 1.68. The molecule has 1 aromatic carbocycles. The third-order valence-corrected chi connectivity index (χ3v) is 3.54. The van der Waals surface area contributed by atoms with Crippen molar-refractivity contribution < 1.29 is 14.3 Å². The van der Waals surface area contributed by atoms with E-state index in [1.54, 1.807) is 17.0 Å². The predicted molar refractivity (Wildman–Crippen MR) is 79.9 cm³/mol. The van der Waals surface area contributed by atoms with Crippen molar-refractivity contribution in [3.8, 4) is 0 Å². The molecule has 1 aliphatic heterocycles. The third kappa shape index (κ3) is 5.36. The minimum absolute atomic E-state index is 0.0104. The van der Waals surface area contributed by atoms with Gasteiger partial charge in [-0.15, -0.1) is 0 Å². The Labute approximate surface area is 129 Å². The number of amides is 2. The Morgan fingerprint density at radius 2 is 2.00 bits per heavy atom. The van der Waals surface area contributed by atoms with Crippen LogP contribution in [0, 0.1) is 0 Å². The van der Waals surface area contributed by atoms with Crippen molar-refractivity contribution in [2.75, 3.05) is 26.3 Å². The molecule has 0 bridgehead atoms. The maximum Gasteiger partial charge on any atom is 0.223 e. The highest BCUT2D eigenvalue weighted by Crippen LogP contribution is 2.10. The van der Waals surface area contributed by atoms with E-state index in [0.29, 0.717) is 37.9 Å². The molecule has 0 saturated carbocycles. The van der Waals surface area contributed by atoms with Gasteiger partial charge < -0.3 is 15.0 Å². The van der Waals surface area contributed by atoms with E-state index in [-0.39, 0.29) is 24.7 Å². The molecule has 0 atom stereocenters. The molecule has 0 radical (unpaired) electrons. The van der Waals surface area contributed by atoms with Gasteiger partial charge in [-0.3, -0.25) is 9.59 Å². The molecule has 1 aromatic rings. The van der Waals surface area contributed by atoms with Gasteiger partial charge in [-0.25, -0.2) is 0 Å². The first kappa shape index (κ1) is 15.8. The second kappa shape index (κ2) is 8.00. The molecule has 1 saturated heterocycles. The quantitative estimate of drug-likeness (QED) is 0.898. The molecule has 1 N–H and O–H groups in total. The Kier molecular flexibility index (Phi) is 6.02. The summed E-state index contributed by atoms with van der Waals surface area (Å²) in [6.45, 7) is 2.80. The van der Waals surface area contributed by atoms with E-state index < -0.39 is 0 Å². The van der Waals surface area contributed by atoms with Crippen LogP contribution < -0.4 is 5.32 Å². The Hall–Kier alpha value is -1.59. The van der Waals surface area contributed by atoms with Gasteiger partial charge in [0.2, 0.25) is 11.8 Å². The van der Waals surface area contributed by atoms with Gasteiger partial charge in [-0.05, 0) is 17.7 Å². The molecule has 1 heterocycles. The van der Waals surface area contributed by atoms with Gasteiger partial charge in [0.1, 0.15) is 0 Å². The lowest BCUT2D eigenvalue weighted by Gasteiger charge is -2.26. The van der Waals surface area contributed by atoms with Gasteiger partial charge in [0, 0.05) is 37.5 Å². The monoisotopic (exact) mass is 310 g/mol. The van der Waals surface area contributed by atoms with Gasteiger partial charge in [-0.2, -0.15) is 0 Å². The van der Waals surface area contributed by atoms with Crippen LogP contribution in [0.4, 0.5) is 0 Å². The number of ether oxygens (including phenoxy) is 1. The Morgan fingerprint density at radius 1 is 1.24 bits per heavy atom. The first-order valence-electron chi connectivity index (χ1n) is 7.02. The average Bonchev–Trinajstić information content (AvgIpc) is 2.51. The summed E-state index contributed by atoms with van der Waals surface area (Å²) in [6, 6.07) is 7.32. The van der Waals surface area contributed by atoms with Crippen LogP contribution in [0.15, 0.2) is 24.3 Å². The Bertz CT molecular complexity index is 501. The summed E-state index contributed by atoms with van der Waals surface area (Å²) in [5.74, 6) is -0.118. The van der Waals surface area contributed by atoms with E-state index >= 15 is 0 Å². The molecule has 114 valence electrons. The van der Waals surface area contributed by atoms with Gasteiger partial charge in [-0.1, -0.05) is 23.7 Å². The zero-order valence-corrected chi connectivity index (χ0v) is 12.6. The summed E-state index contributed by atoms with van der Waals surface area (Å²) < 4.78 is 5.19. The zero-order valence-electron chi connectivity index (χ0n) is 11.8. The lowest BCUT2D eigenvalue weighted by atomic mass is 10.2. The van der Waals surface area contributed by atoms with E-state index in [4.69, 9.17) is 16.3 Å². The maximum absolute atomic E-state index is 11.9. The number of nitrogens with zero attached hydrogens (tertiary/aromatic N) is 1. The predicted octanol–water partition coefficient (Wildman–Crippen LogP) is 1.60. The smallest absolute Gasteiger partial charge is 0.223 e. The van der Waals surface area contributed by atoms with Crippen molar-refractivity contribution in [1.82, 2.24) is 10.2 Å². The molecular formula is C15H19ClN2O3. The molecule has 2 amide bonds.